The van der Waals surface area contributed by atoms with Crippen LogP contribution in [0, 0.1) is 5.41 Å². The Bertz CT molecular complexity index is 577. The van der Waals surface area contributed by atoms with E-state index in [4.69, 9.17) is 9.84 Å². The Morgan fingerprint density at radius 1 is 1.38 bits per heavy atom. The Kier molecular flexibility index (Phi) is 3.51. The lowest BCUT2D eigenvalue weighted by Crippen LogP contribution is -2.31. The third-order valence-corrected chi connectivity index (χ3v) is 3.73. The van der Waals surface area contributed by atoms with Crippen molar-refractivity contribution in [2.45, 2.75) is 52.1 Å². The van der Waals surface area contributed by atoms with Crippen LogP contribution in [-0.2, 0) is 17.1 Å². The summed E-state index contributed by atoms with van der Waals surface area (Å²) in [5, 5.41) is 9.02. The van der Waals surface area contributed by atoms with Crippen molar-refractivity contribution in [3.63, 3.8) is 0 Å². The minimum absolute atomic E-state index is 0.156. The maximum Gasteiger partial charge on any atom is 0.309 e. The Morgan fingerprint density at radius 2 is 2.00 bits per heavy atom. The number of alkyl halides is 2. The first-order valence-electron chi connectivity index (χ1n) is 6.87. The summed E-state index contributed by atoms with van der Waals surface area (Å²) >= 11 is 0. The molecule has 0 atom stereocenters. The van der Waals surface area contributed by atoms with Crippen LogP contribution in [0.25, 0.3) is 0 Å². The highest BCUT2D eigenvalue weighted by Gasteiger charge is 2.43. The monoisotopic (exact) mass is 298 g/mol. The summed E-state index contributed by atoms with van der Waals surface area (Å²) in [6.45, 7) is 6.42. The van der Waals surface area contributed by atoms with Gasteiger partial charge in [0.25, 0.3) is 5.92 Å². The summed E-state index contributed by atoms with van der Waals surface area (Å²) in [5.41, 5.74) is -1.29. The summed E-state index contributed by atoms with van der Waals surface area (Å²) in [6, 6.07) is 4.29. The molecule has 0 saturated carbocycles. The van der Waals surface area contributed by atoms with Crippen LogP contribution in [0.2, 0.25) is 0 Å². The normalized spacial score (nSPS) is 17.2. The zero-order chi connectivity index (χ0) is 16.1. The molecule has 2 rings (SSSR count). The van der Waals surface area contributed by atoms with Gasteiger partial charge in [-0.1, -0.05) is 0 Å². The molecule has 0 unspecified atom stereocenters. The number of rotatable bonds is 4. The van der Waals surface area contributed by atoms with Crippen LogP contribution in [0.15, 0.2) is 18.2 Å². The molecule has 1 aromatic carbocycles. The quantitative estimate of drug-likeness (QED) is 0.914. The molecule has 0 bridgehead atoms. The number of carbonyl (C=O) groups is 1. The largest absolute Gasteiger partial charge is 0.487 e. The first-order valence-corrected chi connectivity index (χ1v) is 6.87. The van der Waals surface area contributed by atoms with E-state index in [1.807, 2.05) is 13.8 Å². The Balaban J connectivity index is 2.29. The predicted octanol–water partition coefficient (Wildman–Crippen LogP) is 3.99. The second-order valence-electron chi connectivity index (χ2n) is 6.93. The minimum Gasteiger partial charge on any atom is -0.487 e. The van der Waals surface area contributed by atoms with Crippen molar-refractivity contribution in [3.05, 3.63) is 29.3 Å². The fourth-order valence-corrected chi connectivity index (χ4v) is 2.57. The molecule has 0 aromatic heterocycles. The molecule has 5 heteroatoms. The van der Waals surface area contributed by atoms with Gasteiger partial charge < -0.3 is 9.84 Å². The van der Waals surface area contributed by atoms with E-state index in [1.54, 1.807) is 6.07 Å². The number of benzene rings is 1. The summed E-state index contributed by atoms with van der Waals surface area (Å²) in [5.74, 6) is -3.80. The van der Waals surface area contributed by atoms with E-state index in [1.165, 1.54) is 26.0 Å². The third kappa shape index (κ3) is 3.17. The summed E-state index contributed by atoms with van der Waals surface area (Å²) < 4.78 is 34.4. The highest BCUT2D eigenvalue weighted by molar-refractivity contribution is 5.73. The summed E-state index contributed by atoms with van der Waals surface area (Å²) in [6.07, 6.45) is -0.174. The number of fused-ring (bicyclic) bond motifs is 1. The van der Waals surface area contributed by atoms with Crippen molar-refractivity contribution in [1.82, 2.24) is 0 Å². The van der Waals surface area contributed by atoms with Crippen LogP contribution < -0.4 is 4.74 Å². The van der Waals surface area contributed by atoms with Gasteiger partial charge >= 0.3 is 5.97 Å². The van der Waals surface area contributed by atoms with Crippen molar-refractivity contribution >= 4 is 5.97 Å². The average molecular weight is 298 g/mol. The van der Waals surface area contributed by atoms with Gasteiger partial charge in [-0.3, -0.25) is 4.79 Å². The van der Waals surface area contributed by atoms with Gasteiger partial charge in [-0.05, 0) is 51.5 Å². The first-order chi connectivity index (χ1) is 9.43. The molecule has 1 heterocycles. The number of carboxylic acid groups (broad SMARTS) is 1. The topological polar surface area (TPSA) is 46.5 Å². The maximum absolute atomic E-state index is 14.4. The summed E-state index contributed by atoms with van der Waals surface area (Å²) in [7, 11) is 0. The smallest absolute Gasteiger partial charge is 0.309 e. The fraction of sp³-hybridized carbons (Fsp3) is 0.562. The molecule has 3 nitrogen and oxygen atoms in total. The molecule has 0 aliphatic carbocycles. The average Bonchev–Trinajstić information content (AvgIpc) is 2.59. The van der Waals surface area contributed by atoms with E-state index in [9.17, 15) is 13.6 Å². The number of ether oxygens (including phenoxy) is 1. The van der Waals surface area contributed by atoms with Crippen molar-refractivity contribution in [2.75, 3.05) is 0 Å². The molecule has 0 fully saturated rings. The second-order valence-corrected chi connectivity index (χ2v) is 6.93. The van der Waals surface area contributed by atoms with Crippen molar-refractivity contribution < 1.29 is 23.4 Å². The number of aliphatic carboxylic acids is 1. The third-order valence-electron chi connectivity index (χ3n) is 3.73. The predicted molar refractivity (Wildman–Crippen MR) is 74.8 cm³/mol. The SMILES string of the molecule is CC1(C)Cc2cc(C(F)(F)CC(C)(C)C(=O)O)ccc2O1. The van der Waals surface area contributed by atoms with Crippen LogP contribution in [-0.4, -0.2) is 16.7 Å². The van der Waals surface area contributed by atoms with E-state index < -0.39 is 29.3 Å². The van der Waals surface area contributed by atoms with Gasteiger partial charge in [0.2, 0.25) is 0 Å². The number of carboxylic acids is 1. The molecule has 0 radical (unpaired) electrons. The number of halogens is 2. The van der Waals surface area contributed by atoms with E-state index >= 15 is 0 Å². The molecule has 1 aliphatic rings. The molecule has 0 saturated heterocycles. The van der Waals surface area contributed by atoms with Crippen LogP contribution in [0.3, 0.4) is 0 Å². The number of hydrogen-bond acceptors (Lipinski definition) is 2. The van der Waals surface area contributed by atoms with Crippen molar-refractivity contribution in [3.8, 4) is 5.75 Å². The lowest BCUT2D eigenvalue weighted by atomic mass is 9.84. The van der Waals surface area contributed by atoms with Gasteiger partial charge in [0, 0.05) is 18.4 Å². The van der Waals surface area contributed by atoms with Crippen LogP contribution >= 0.6 is 0 Å². The van der Waals surface area contributed by atoms with Crippen molar-refractivity contribution in [2.24, 2.45) is 5.41 Å². The van der Waals surface area contributed by atoms with Gasteiger partial charge in [-0.2, -0.15) is 0 Å². The van der Waals surface area contributed by atoms with E-state index in [0.717, 1.165) is 5.56 Å². The van der Waals surface area contributed by atoms with Crippen molar-refractivity contribution in [1.29, 1.82) is 0 Å². The molecule has 0 spiro atoms. The van der Waals surface area contributed by atoms with E-state index in [0.29, 0.717) is 12.2 Å². The molecule has 0 amide bonds. The minimum atomic E-state index is -3.19. The zero-order valence-electron chi connectivity index (χ0n) is 12.7. The standard InChI is InChI=1S/C16H20F2O3/c1-14(2,13(19)20)9-16(17,18)11-5-6-12-10(7-11)8-15(3,4)21-12/h5-7H,8-9H2,1-4H3,(H,19,20). The van der Waals surface area contributed by atoms with Crippen LogP contribution in [0.4, 0.5) is 8.78 Å². The van der Waals surface area contributed by atoms with Gasteiger partial charge in [-0.15, -0.1) is 0 Å². The molecule has 21 heavy (non-hydrogen) atoms. The summed E-state index contributed by atoms with van der Waals surface area (Å²) in [4.78, 5) is 11.0. The molecule has 1 aromatic rings. The Morgan fingerprint density at radius 3 is 2.57 bits per heavy atom. The van der Waals surface area contributed by atoms with Gasteiger partial charge in [0.15, 0.2) is 0 Å². The maximum atomic E-state index is 14.4. The van der Waals surface area contributed by atoms with E-state index in [-0.39, 0.29) is 5.56 Å². The Labute approximate surface area is 122 Å². The second kappa shape index (κ2) is 4.68. The van der Waals surface area contributed by atoms with Gasteiger partial charge in [-0.25, -0.2) is 8.78 Å². The molecule has 1 aliphatic heterocycles. The Hall–Kier alpha value is -1.65. The lowest BCUT2D eigenvalue weighted by Gasteiger charge is -2.26. The first kappa shape index (κ1) is 15.7. The fourth-order valence-electron chi connectivity index (χ4n) is 2.57. The van der Waals surface area contributed by atoms with E-state index in [2.05, 4.69) is 0 Å². The molecular formula is C16H20F2O3. The highest BCUT2D eigenvalue weighted by atomic mass is 19.3. The van der Waals surface area contributed by atoms with Crippen LogP contribution in [0.1, 0.15) is 45.2 Å². The lowest BCUT2D eigenvalue weighted by molar-refractivity contribution is -0.153. The van der Waals surface area contributed by atoms with Gasteiger partial charge in [0.1, 0.15) is 11.4 Å². The number of hydrogen-bond donors (Lipinski definition) is 1. The molecule has 116 valence electrons. The van der Waals surface area contributed by atoms with Gasteiger partial charge in [0.05, 0.1) is 5.41 Å². The highest BCUT2D eigenvalue weighted by Crippen LogP contribution is 2.43. The molecule has 1 N–H and O–H groups in total. The zero-order valence-corrected chi connectivity index (χ0v) is 12.7. The van der Waals surface area contributed by atoms with Crippen LogP contribution in [0.5, 0.6) is 5.75 Å². The molecular weight excluding hydrogens is 278 g/mol.